The van der Waals surface area contributed by atoms with E-state index in [-0.39, 0.29) is 22.9 Å². The minimum atomic E-state index is -1.62. The number of ether oxygens (including phenoxy) is 1. The predicted octanol–water partition coefficient (Wildman–Crippen LogP) is 3.29. The van der Waals surface area contributed by atoms with Crippen molar-refractivity contribution in [1.29, 1.82) is 0 Å². The van der Waals surface area contributed by atoms with E-state index in [1.165, 1.54) is 17.8 Å². The molecule has 9 nitrogen and oxygen atoms in total. The van der Waals surface area contributed by atoms with Crippen LogP contribution in [0.4, 0.5) is 5.69 Å². The molecular formula is C31H30ClN5O4S. The zero-order chi connectivity index (χ0) is 29.8. The summed E-state index contributed by atoms with van der Waals surface area (Å²) >= 11 is 7.92. The SMILES string of the molecule is C=CC(=O)N1CCC(NC(=O)C2Sc3c(N)ccc4c3C2C(N)C(=O)C4(N)c2ccc(Oc3ccccc3)c(Cl)c2)C1. The van der Waals surface area contributed by atoms with Crippen LogP contribution >= 0.6 is 23.4 Å². The number of thioether (sulfide) groups is 1. The van der Waals surface area contributed by atoms with E-state index in [4.69, 9.17) is 33.5 Å². The Labute approximate surface area is 252 Å². The molecule has 5 atom stereocenters. The van der Waals surface area contributed by atoms with Crippen molar-refractivity contribution in [3.05, 3.63) is 95.0 Å². The molecule has 3 aromatic rings. The van der Waals surface area contributed by atoms with E-state index in [2.05, 4.69) is 11.9 Å². The fourth-order valence-corrected chi connectivity index (χ4v) is 7.83. The number of nitrogens with two attached hydrogens (primary N) is 3. The van der Waals surface area contributed by atoms with Gasteiger partial charge in [-0.15, -0.1) is 11.8 Å². The average Bonchev–Trinajstić information content (AvgIpc) is 3.63. The number of anilines is 1. The first-order valence-electron chi connectivity index (χ1n) is 13.6. The first-order chi connectivity index (χ1) is 20.1. The Morgan fingerprint density at radius 1 is 1.17 bits per heavy atom. The number of hydrogen-bond donors (Lipinski definition) is 4. The molecule has 42 heavy (non-hydrogen) atoms. The summed E-state index contributed by atoms with van der Waals surface area (Å²) < 4.78 is 5.91. The Morgan fingerprint density at radius 3 is 2.64 bits per heavy atom. The van der Waals surface area contributed by atoms with E-state index >= 15 is 0 Å². The van der Waals surface area contributed by atoms with Crippen LogP contribution in [0.15, 0.2) is 78.2 Å². The average molecular weight is 604 g/mol. The van der Waals surface area contributed by atoms with Gasteiger partial charge in [0.1, 0.15) is 17.0 Å². The highest BCUT2D eigenvalue weighted by Crippen LogP contribution is 2.56. The molecule has 11 heteroatoms. The van der Waals surface area contributed by atoms with E-state index in [0.29, 0.717) is 58.3 Å². The Bertz CT molecular complexity index is 1620. The number of ketones is 1. The van der Waals surface area contributed by atoms with Crippen LogP contribution in [0.2, 0.25) is 5.02 Å². The second kappa shape index (κ2) is 10.8. The number of Topliss-reactive ketones (excluding diaryl/α,β-unsaturated/α-hetero) is 1. The lowest BCUT2D eigenvalue weighted by Gasteiger charge is -2.41. The molecule has 1 fully saturated rings. The van der Waals surface area contributed by atoms with E-state index in [1.807, 2.05) is 30.3 Å². The van der Waals surface area contributed by atoms with E-state index in [9.17, 15) is 14.4 Å². The van der Waals surface area contributed by atoms with Crippen molar-refractivity contribution >= 4 is 46.6 Å². The van der Waals surface area contributed by atoms with Gasteiger partial charge in [0.2, 0.25) is 11.8 Å². The Kier molecular flexibility index (Phi) is 7.26. The van der Waals surface area contributed by atoms with Crippen molar-refractivity contribution < 1.29 is 19.1 Å². The molecule has 6 rings (SSSR count). The maximum absolute atomic E-state index is 14.1. The molecule has 2 amide bonds. The number of halogens is 1. The number of amides is 2. The monoisotopic (exact) mass is 603 g/mol. The summed E-state index contributed by atoms with van der Waals surface area (Å²) in [5.74, 6) is -0.462. The zero-order valence-corrected chi connectivity index (χ0v) is 24.2. The van der Waals surface area contributed by atoms with Gasteiger partial charge < -0.3 is 32.2 Å². The third-order valence-corrected chi connectivity index (χ3v) is 10.0. The lowest BCUT2D eigenvalue weighted by molar-refractivity contribution is -0.127. The van der Waals surface area contributed by atoms with Gasteiger partial charge in [-0.3, -0.25) is 14.4 Å². The van der Waals surface area contributed by atoms with E-state index < -0.39 is 28.5 Å². The minimum Gasteiger partial charge on any atom is -0.456 e. The molecular weight excluding hydrogens is 574 g/mol. The van der Waals surface area contributed by atoms with Gasteiger partial charge in [0.15, 0.2) is 5.78 Å². The molecule has 3 aromatic carbocycles. The van der Waals surface area contributed by atoms with Crippen LogP contribution in [0.5, 0.6) is 11.5 Å². The second-order valence-corrected chi connectivity index (χ2v) is 12.3. The molecule has 2 heterocycles. The Balaban J connectivity index is 1.32. The van der Waals surface area contributed by atoms with Crippen LogP contribution in [0.25, 0.3) is 0 Å². The summed E-state index contributed by atoms with van der Waals surface area (Å²) in [6, 6.07) is 16.4. The third-order valence-electron chi connectivity index (χ3n) is 8.27. The number of para-hydroxylation sites is 1. The number of likely N-dealkylation sites (tertiary alicyclic amines) is 1. The molecule has 0 aromatic heterocycles. The molecule has 3 aliphatic rings. The maximum atomic E-state index is 14.1. The highest BCUT2D eigenvalue weighted by Gasteiger charge is 2.56. The van der Waals surface area contributed by atoms with Crippen LogP contribution < -0.4 is 27.3 Å². The molecule has 0 saturated carbocycles. The second-order valence-electron chi connectivity index (χ2n) is 10.8. The molecule has 1 aliphatic carbocycles. The summed E-state index contributed by atoms with van der Waals surface area (Å²) in [7, 11) is 0. The smallest absolute Gasteiger partial charge is 0.246 e. The van der Waals surface area contributed by atoms with Gasteiger partial charge in [-0.1, -0.05) is 48.5 Å². The van der Waals surface area contributed by atoms with Crippen molar-refractivity contribution in [2.45, 2.75) is 40.1 Å². The van der Waals surface area contributed by atoms with Gasteiger partial charge in [-0.25, -0.2) is 0 Å². The number of nitrogens with zero attached hydrogens (tertiary/aromatic N) is 1. The third kappa shape index (κ3) is 4.55. The first kappa shape index (κ1) is 28.3. The number of carbonyl (C=O) groups is 3. The Morgan fingerprint density at radius 2 is 1.93 bits per heavy atom. The van der Waals surface area contributed by atoms with Gasteiger partial charge in [-0.2, -0.15) is 0 Å². The van der Waals surface area contributed by atoms with Crippen LogP contribution in [-0.4, -0.2) is 52.9 Å². The van der Waals surface area contributed by atoms with Crippen molar-refractivity contribution in [1.82, 2.24) is 10.2 Å². The molecule has 0 radical (unpaired) electrons. The Hall–Kier alpha value is -3.83. The van der Waals surface area contributed by atoms with Crippen molar-refractivity contribution in [3.63, 3.8) is 0 Å². The fraction of sp³-hybridized carbons (Fsp3) is 0.258. The molecule has 0 bridgehead atoms. The molecule has 5 unspecified atom stereocenters. The normalized spacial score (nSPS) is 26.1. The van der Waals surface area contributed by atoms with Crippen molar-refractivity contribution in [2.24, 2.45) is 11.5 Å². The van der Waals surface area contributed by atoms with Gasteiger partial charge in [0.25, 0.3) is 0 Å². The van der Waals surface area contributed by atoms with E-state index in [1.54, 1.807) is 35.2 Å². The largest absolute Gasteiger partial charge is 0.456 e. The van der Waals surface area contributed by atoms with E-state index in [0.717, 1.165) is 0 Å². The lowest BCUT2D eigenvalue weighted by atomic mass is 9.65. The van der Waals surface area contributed by atoms with Crippen molar-refractivity contribution in [2.75, 3.05) is 18.8 Å². The quantitative estimate of drug-likeness (QED) is 0.247. The standard InChI is InChI=1S/C31H30ClN5O4S/c1-2-23(38)37-13-12-17(15-37)36-30(40)28-25-24-19(9-10-21(33)27(24)42-28)31(35,29(39)26(25)34)16-8-11-22(20(32)14-16)41-18-6-4-3-5-7-18/h2-11,14,17,25-26,28H,1,12-13,15,33-35H2,(H,36,40). The fourth-order valence-electron chi connectivity index (χ4n) is 6.15. The summed E-state index contributed by atoms with van der Waals surface area (Å²) in [5, 5.41) is 2.64. The maximum Gasteiger partial charge on any atom is 0.246 e. The number of nitrogens with one attached hydrogen (secondary N) is 1. The number of carbonyl (C=O) groups excluding carboxylic acids is 3. The van der Waals surface area contributed by atoms with Crippen LogP contribution in [0.1, 0.15) is 29.0 Å². The molecule has 2 aliphatic heterocycles. The van der Waals surface area contributed by atoms with Gasteiger partial charge >= 0.3 is 0 Å². The zero-order valence-electron chi connectivity index (χ0n) is 22.6. The van der Waals surface area contributed by atoms with Gasteiger partial charge in [-0.05, 0) is 59.5 Å². The highest BCUT2D eigenvalue weighted by atomic mass is 35.5. The van der Waals surface area contributed by atoms with Crippen LogP contribution in [0.3, 0.4) is 0 Å². The van der Waals surface area contributed by atoms with Crippen molar-refractivity contribution in [3.8, 4) is 11.5 Å². The van der Waals surface area contributed by atoms with Crippen LogP contribution in [-0.2, 0) is 19.9 Å². The first-order valence-corrected chi connectivity index (χ1v) is 14.8. The number of nitrogen functional groups attached to an aromatic ring is 1. The summed E-state index contributed by atoms with van der Waals surface area (Å²) in [5.41, 5.74) is 20.6. The summed E-state index contributed by atoms with van der Waals surface area (Å²) in [4.78, 5) is 42.1. The molecule has 0 spiro atoms. The summed E-state index contributed by atoms with van der Waals surface area (Å²) in [6.45, 7) is 4.45. The lowest BCUT2D eigenvalue weighted by Crippen LogP contribution is -2.60. The molecule has 1 saturated heterocycles. The van der Waals surface area contributed by atoms with Gasteiger partial charge in [0, 0.05) is 35.6 Å². The highest BCUT2D eigenvalue weighted by molar-refractivity contribution is 8.01. The number of benzene rings is 3. The predicted molar refractivity (Wildman–Crippen MR) is 162 cm³/mol. The topological polar surface area (TPSA) is 154 Å². The molecule has 7 N–H and O–H groups in total. The summed E-state index contributed by atoms with van der Waals surface area (Å²) in [6.07, 6.45) is 1.89. The minimum absolute atomic E-state index is 0.175. The van der Waals surface area contributed by atoms with Crippen LogP contribution in [0, 0.1) is 0 Å². The number of rotatable bonds is 6. The molecule has 216 valence electrons. The number of hydrogen-bond acceptors (Lipinski definition) is 8. The van der Waals surface area contributed by atoms with Gasteiger partial charge in [0.05, 0.1) is 16.3 Å².